The molecule has 126 valence electrons. The van der Waals surface area contributed by atoms with Gasteiger partial charge in [0.1, 0.15) is 6.54 Å². The number of nitro benzene ring substituents is 1. The van der Waals surface area contributed by atoms with Crippen LogP contribution in [0.4, 0.5) is 11.4 Å². The Bertz CT molecular complexity index is 837. The molecule has 0 saturated carbocycles. The van der Waals surface area contributed by atoms with Crippen LogP contribution in [0.2, 0.25) is 0 Å². The lowest BCUT2D eigenvalue weighted by molar-refractivity contribution is -0.384. The Morgan fingerprint density at radius 2 is 1.71 bits per heavy atom. The molecule has 0 aliphatic rings. The van der Waals surface area contributed by atoms with Crippen molar-refractivity contribution in [3.8, 4) is 0 Å². The number of benzene rings is 2. The van der Waals surface area contributed by atoms with Crippen LogP contribution in [0.25, 0.3) is 0 Å². The number of hydrazine groups is 1. The number of amides is 1. The van der Waals surface area contributed by atoms with Crippen LogP contribution < -0.4 is 15.6 Å². The number of hydrogen-bond donors (Lipinski definition) is 2. The molecule has 1 amide bonds. The number of rotatable bonds is 6. The number of nitrogens with two attached hydrogens (primary N) is 1. The lowest BCUT2D eigenvalue weighted by Crippen LogP contribution is -2.43. The molecule has 0 unspecified atom stereocenters. The molecule has 0 saturated heterocycles. The predicted octanol–water partition coefficient (Wildman–Crippen LogP) is 0.780. The number of nitrogens with one attached hydrogen (secondary N) is 1. The van der Waals surface area contributed by atoms with Crippen LogP contribution in [-0.2, 0) is 14.8 Å². The zero-order valence-corrected chi connectivity index (χ0v) is 13.1. The summed E-state index contributed by atoms with van der Waals surface area (Å²) in [4.78, 5) is 21.7. The first-order chi connectivity index (χ1) is 11.4. The fourth-order valence-electron chi connectivity index (χ4n) is 1.95. The standard InChI is InChI=1S/C14H14N4O5S/c15-16-14(19)10-17(11-6-8-12(9-7-11)18(20)21)24(22,23)13-4-2-1-3-5-13/h1-9H,10,15H2,(H,16,19). The SMILES string of the molecule is NNC(=O)CN(c1ccc([N+](=O)[O-])cc1)S(=O)(=O)c1ccccc1. The lowest BCUT2D eigenvalue weighted by Gasteiger charge is -2.23. The predicted molar refractivity (Wildman–Crippen MR) is 86.4 cm³/mol. The fraction of sp³-hybridized carbons (Fsp3) is 0.0714. The van der Waals surface area contributed by atoms with E-state index in [-0.39, 0.29) is 16.3 Å². The van der Waals surface area contributed by atoms with Gasteiger partial charge in [-0.25, -0.2) is 14.3 Å². The summed E-state index contributed by atoms with van der Waals surface area (Å²) in [7, 11) is -4.05. The maximum absolute atomic E-state index is 12.8. The number of nitro groups is 1. The van der Waals surface area contributed by atoms with Crippen molar-refractivity contribution in [3.05, 3.63) is 64.7 Å². The van der Waals surface area contributed by atoms with Gasteiger partial charge in [0.05, 0.1) is 15.5 Å². The second-order valence-electron chi connectivity index (χ2n) is 4.67. The Hall–Kier alpha value is -2.98. The average molecular weight is 350 g/mol. The molecule has 3 N–H and O–H groups in total. The Kier molecular flexibility index (Phi) is 5.11. The lowest BCUT2D eigenvalue weighted by atomic mass is 10.3. The van der Waals surface area contributed by atoms with Crippen molar-refractivity contribution in [2.75, 3.05) is 10.8 Å². The third-order valence-corrected chi connectivity index (χ3v) is 4.92. The van der Waals surface area contributed by atoms with E-state index in [4.69, 9.17) is 5.84 Å². The first kappa shape index (κ1) is 17.4. The smallest absolute Gasteiger partial charge is 0.269 e. The van der Waals surface area contributed by atoms with Gasteiger partial charge in [-0.2, -0.15) is 0 Å². The molecule has 24 heavy (non-hydrogen) atoms. The van der Waals surface area contributed by atoms with Gasteiger partial charge in [-0.15, -0.1) is 0 Å². The van der Waals surface area contributed by atoms with E-state index in [1.54, 1.807) is 18.2 Å². The Morgan fingerprint density at radius 1 is 1.12 bits per heavy atom. The first-order valence-corrected chi connectivity index (χ1v) is 8.12. The summed E-state index contributed by atoms with van der Waals surface area (Å²) in [5.41, 5.74) is 1.77. The molecule has 0 bridgehead atoms. The molecular weight excluding hydrogens is 336 g/mol. The third-order valence-electron chi connectivity index (χ3n) is 3.13. The number of anilines is 1. The van der Waals surface area contributed by atoms with Crippen LogP contribution in [0.5, 0.6) is 0 Å². The summed E-state index contributed by atoms with van der Waals surface area (Å²) < 4.78 is 26.4. The fourth-order valence-corrected chi connectivity index (χ4v) is 3.39. The van der Waals surface area contributed by atoms with Crippen molar-refractivity contribution in [1.82, 2.24) is 5.43 Å². The second-order valence-corrected chi connectivity index (χ2v) is 6.53. The molecule has 0 fully saturated rings. The second kappa shape index (κ2) is 7.06. The van der Waals surface area contributed by atoms with Crippen molar-refractivity contribution in [1.29, 1.82) is 0 Å². The van der Waals surface area contributed by atoms with Crippen LogP contribution in [0.15, 0.2) is 59.5 Å². The topological polar surface area (TPSA) is 136 Å². The zero-order chi connectivity index (χ0) is 17.7. The van der Waals surface area contributed by atoms with Gasteiger partial charge in [-0.1, -0.05) is 18.2 Å². The number of nitrogens with zero attached hydrogens (tertiary/aromatic N) is 2. The molecule has 0 radical (unpaired) electrons. The van der Waals surface area contributed by atoms with Crippen molar-refractivity contribution >= 4 is 27.3 Å². The van der Waals surface area contributed by atoms with Gasteiger partial charge in [0, 0.05) is 12.1 Å². The number of sulfonamides is 1. The molecule has 0 aromatic heterocycles. The minimum atomic E-state index is -4.05. The largest absolute Gasteiger partial charge is 0.293 e. The zero-order valence-electron chi connectivity index (χ0n) is 12.3. The summed E-state index contributed by atoms with van der Waals surface area (Å²) in [5.74, 6) is 4.31. The van der Waals surface area contributed by atoms with Crippen molar-refractivity contribution < 1.29 is 18.1 Å². The van der Waals surface area contributed by atoms with Crippen molar-refractivity contribution in [2.45, 2.75) is 4.90 Å². The van der Waals surface area contributed by atoms with Gasteiger partial charge in [-0.3, -0.25) is 24.6 Å². The maximum Gasteiger partial charge on any atom is 0.269 e. The molecule has 2 rings (SSSR count). The van der Waals surface area contributed by atoms with Crippen LogP contribution in [0, 0.1) is 10.1 Å². The van der Waals surface area contributed by atoms with E-state index in [0.29, 0.717) is 0 Å². The van der Waals surface area contributed by atoms with Gasteiger partial charge < -0.3 is 0 Å². The van der Waals surface area contributed by atoms with E-state index in [1.807, 2.05) is 5.43 Å². The molecule has 2 aromatic rings. The van der Waals surface area contributed by atoms with E-state index in [0.717, 1.165) is 16.4 Å². The Morgan fingerprint density at radius 3 is 2.21 bits per heavy atom. The monoisotopic (exact) mass is 350 g/mol. The summed E-state index contributed by atoms with van der Waals surface area (Å²) in [6.45, 7) is -0.564. The minimum absolute atomic E-state index is 0.0202. The third kappa shape index (κ3) is 3.67. The minimum Gasteiger partial charge on any atom is -0.293 e. The molecular formula is C14H14N4O5S. The van der Waals surface area contributed by atoms with Crippen LogP contribution >= 0.6 is 0 Å². The van der Waals surface area contributed by atoms with Crippen molar-refractivity contribution in [3.63, 3.8) is 0 Å². The molecule has 0 heterocycles. The van der Waals surface area contributed by atoms with Gasteiger partial charge in [-0.05, 0) is 24.3 Å². The highest BCUT2D eigenvalue weighted by atomic mass is 32.2. The van der Waals surface area contributed by atoms with Gasteiger partial charge in [0.2, 0.25) is 0 Å². The van der Waals surface area contributed by atoms with E-state index < -0.39 is 27.4 Å². The van der Waals surface area contributed by atoms with E-state index in [9.17, 15) is 23.3 Å². The van der Waals surface area contributed by atoms with Crippen LogP contribution in [-0.4, -0.2) is 25.8 Å². The van der Waals surface area contributed by atoms with Crippen LogP contribution in [0.1, 0.15) is 0 Å². The van der Waals surface area contributed by atoms with Gasteiger partial charge in [0.15, 0.2) is 0 Å². The molecule has 2 aromatic carbocycles. The molecule has 10 heteroatoms. The highest BCUT2D eigenvalue weighted by Crippen LogP contribution is 2.25. The molecule has 0 atom stereocenters. The van der Waals surface area contributed by atoms with Gasteiger partial charge >= 0.3 is 0 Å². The maximum atomic E-state index is 12.8. The van der Waals surface area contributed by atoms with E-state index >= 15 is 0 Å². The number of hydrogen-bond acceptors (Lipinski definition) is 6. The Labute approximate surface area is 137 Å². The average Bonchev–Trinajstić information content (AvgIpc) is 2.60. The summed E-state index contributed by atoms with van der Waals surface area (Å²) in [5, 5.41) is 10.7. The summed E-state index contributed by atoms with van der Waals surface area (Å²) in [6.07, 6.45) is 0. The molecule has 0 aliphatic heterocycles. The number of carbonyl (C=O) groups excluding carboxylic acids is 1. The van der Waals surface area contributed by atoms with Gasteiger partial charge in [0.25, 0.3) is 21.6 Å². The first-order valence-electron chi connectivity index (χ1n) is 6.68. The van der Waals surface area contributed by atoms with Crippen molar-refractivity contribution in [2.24, 2.45) is 5.84 Å². The molecule has 0 spiro atoms. The molecule has 9 nitrogen and oxygen atoms in total. The quantitative estimate of drug-likeness (QED) is 0.342. The Balaban J connectivity index is 2.48. The normalized spacial score (nSPS) is 10.9. The van der Waals surface area contributed by atoms with Crippen LogP contribution in [0.3, 0.4) is 0 Å². The molecule has 0 aliphatic carbocycles. The number of carbonyl (C=O) groups is 1. The summed E-state index contributed by atoms with van der Waals surface area (Å²) in [6, 6.07) is 12.3. The highest BCUT2D eigenvalue weighted by Gasteiger charge is 2.27. The summed E-state index contributed by atoms with van der Waals surface area (Å²) >= 11 is 0. The highest BCUT2D eigenvalue weighted by molar-refractivity contribution is 7.92. The number of non-ortho nitro benzene ring substituents is 1. The van der Waals surface area contributed by atoms with E-state index in [2.05, 4.69) is 0 Å². The van der Waals surface area contributed by atoms with E-state index in [1.165, 1.54) is 24.3 Å².